The maximum atomic E-state index is 12.3. The Morgan fingerprint density at radius 2 is 1.93 bits per heavy atom. The van der Waals surface area contributed by atoms with Gasteiger partial charge in [-0.2, -0.15) is 18.4 Å². The van der Waals surface area contributed by atoms with Gasteiger partial charge in [0.25, 0.3) is 0 Å². The van der Waals surface area contributed by atoms with Crippen molar-refractivity contribution >= 4 is 5.69 Å². The van der Waals surface area contributed by atoms with Crippen molar-refractivity contribution in [3.63, 3.8) is 0 Å². The molecule has 0 bridgehead atoms. The van der Waals surface area contributed by atoms with Crippen LogP contribution >= 0.6 is 0 Å². The van der Waals surface area contributed by atoms with Gasteiger partial charge in [0.2, 0.25) is 0 Å². The Bertz CT molecular complexity index is 402. The first kappa shape index (κ1) is 10.4. The lowest BCUT2D eigenvalue weighted by atomic mass is 10.0. The third-order valence-electron chi connectivity index (χ3n) is 1.88. The van der Waals surface area contributed by atoms with Crippen LogP contribution in [-0.4, -0.2) is 0 Å². The fraction of sp³-hybridized carbons (Fsp3) is 0.222. The highest BCUT2D eigenvalue weighted by Crippen LogP contribution is 2.34. The van der Waals surface area contributed by atoms with Crippen molar-refractivity contribution in [2.24, 2.45) is 0 Å². The lowest BCUT2D eigenvalue weighted by molar-refractivity contribution is -0.137. The summed E-state index contributed by atoms with van der Waals surface area (Å²) in [6.07, 6.45) is -4.53. The Hall–Kier alpha value is -1.70. The minimum absolute atomic E-state index is 0.109. The monoisotopic (exact) mass is 200 g/mol. The van der Waals surface area contributed by atoms with E-state index in [9.17, 15) is 13.2 Å². The van der Waals surface area contributed by atoms with Gasteiger partial charge in [0, 0.05) is 0 Å². The summed E-state index contributed by atoms with van der Waals surface area (Å²) in [6.45, 7) is 1.55. The summed E-state index contributed by atoms with van der Waals surface area (Å²) in [6, 6.07) is 3.58. The Kier molecular flexibility index (Phi) is 2.39. The molecule has 74 valence electrons. The first-order valence-corrected chi connectivity index (χ1v) is 3.74. The molecular formula is C9H7F3N2. The number of hydrogen-bond donors (Lipinski definition) is 1. The van der Waals surface area contributed by atoms with Crippen LogP contribution in [0.4, 0.5) is 18.9 Å². The van der Waals surface area contributed by atoms with Gasteiger partial charge in [-0.1, -0.05) is 6.07 Å². The molecule has 5 heteroatoms. The first-order valence-electron chi connectivity index (χ1n) is 3.74. The highest BCUT2D eigenvalue weighted by molar-refractivity contribution is 5.62. The van der Waals surface area contributed by atoms with Crippen molar-refractivity contribution in [1.82, 2.24) is 0 Å². The average molecular weight is 200 g/mol. The van der Waals surface area contributed by atoms with E-state index in [1.165, 1.54) is 12.1 Å². The maximum Gasteiger partial charge on any atom is 0.417 e. The lowest BCUT2D eigenvalue weighted by Crippen LogP contribution is -2.10. The number of nitrogen functional groups attached to an aromatic ring is 1. The molecule has 0 aliphatic rings. The minimum atomic E-state index is -4.53. The molecule has 0 spiro atoms. The first-order chi connectivity index (χ1) is 6.38. The molecule has 0 heterocycles. The van der Waals surface area contributed by atoms with Crippen LogP contribution in [0.5, 0.6) is 0 Å². The number of halogens is 3. The summed E-state index contributed by atoms with van der Waals surface area (Å²) in [7, 11) is 0. The van der Waals surface area contributed by atoms with E-state index in [-0.39, 0.29) is 5.69 Å². The van der Waals surface area contributed by atoms with E-state index in [4.69, 9.17) is 11.0 Å². The summed E-state index contributed by atoms with van der Waals surface area (Å²) in [5.74, 6) is 0. The molecule has 1 aromatic carbocycles. The second-order valence-corrected chi connectivity index (χ2v) is 2.83. The van der Waals surface area contributed by atoms with Crippen molar-refractivity contribution < 1.29 is 13.2 Å². The number of alkyl halides is 3. The molecule has 0 radical (unpaired) electrons. The molecule has 14 heavy (non-hydrogen) atoms. The molecule has 0 aliphatic heterocycles. The average Bonchev–Trinajstić information content (AvgIpc) is 2.07. The van der Waals surface area contributed by atoms with Crippen LogP contribution in [-0.2, 0) is 6.18 Å². The number of anilines is 1. The predicted octanol–water partition coefficient (Wildman–Crippen LogP) is 2.47. The van der Waals surface area contributed by atoms with Crippen LogP contribution < -0.4 is 5.73 Å². The van der Waals surface area contributed by atoms with Gasteiger partial charge in [0.15, 0.2) is 0 Å². The van der Waals surface area contributed by atoms with Gasteiger partial charge < -0.3 is 5.73 Å². The van der Waals surface area contributed by atoms with Crippen LogP contribution in [0.2, 0.25) is 0 Å². The molecule has 2 nitrogen and oxygen atoms in total. The van der Waals surface area contributed by atoms with E-state index in [0.717, 1.165) is 6.07 Å². The third-order valence-corrected chi connectivity index (χ3v) is 1.88. The third kappa shape index (κ3) is 1.64. The second kappa shape index (κ2) is 3.22. The number of nitrogens with zero attached hydrogens (tertiary/aromatic N) is 1. The van der Waals surface area contributed by atoms with Crippen molar-refractivity contribution in [2.45, 2.75) is 13.1 Å². The number of rotatable bonds is 0. The standard InChI is InChI=1S/C9H7F3N2/c1-5-2-3-7(9(10,11)12)6(4-13)8(5)14/h2-3H,14H2,1H3. The highest BCUT2D eigenvalue weighted by atomic mass is 19.4. The normalized spacial score (nSPS) is 11.1. The van der Waals surface area contributed by atoms with Crippen LogP contribution in [0.3, 0.4) is 0 Å². The van der Waals surface area contributed by atoms with Gasteiger partial charge >= 0.3 is 6.18 Å². The molecule has 1 rings (SSSR count). The minimum Gasteiger partial charge on any atom is -0.397 e. The van der Waals surface area contributed by atoms with Crippen LogP contribution in [0.25, 0.3) is 0 Å². The van der Waals surface area contributed by atoms with Crippen LogP contribution in [0.1, 0.15) is 16.7 Å². The number of nitriles is 1. The van der Waals surface area contributed by atoms with Crippen LogP contribution in [0.15, 0.2) is 12.1 Å². The Morgan fingerprint density at radius 1 is 1.36 bits per heavy atom. The van der Waals surface area contributed by atoms with Crippen LogP contribution in [0, 0.1) is 18.3 Å². The quantitative estimate of drug-likeness (QED) is 0.654. The molecule has 0 saturated heterocycles. The van der Waals surface area contributed by atoms with Crippen molar-refractivity contribution in [3.05, 3.63) is 28.8 Å². The van der Waals surface area contributed by atoms with E-state index < -0.39 is 17.3 Å². The van der Waals surface area contributed by atoms with Gasteiger partial charge in [-0.3, -0.25) is 0 Å². The molecule has 0 aromatic heterocycles. The lowest BCUT2D eigenvalue weighted by Gasteiger charge is -2.11. The molecule has 0 amide bonds. The zero-order chi connectivity index (χ0) is 10.9. The van der Waals surface area contributed by atoms with E-state index in [1.807, 2.05) is 0 Å². The fourth-order valence-electron chi connectivity index (χ4n) is 1.08. The summed E-state index contributed by atoms with van der Waals surface area (Å²) < 4.78 is 37.0. The topological polar surface area (TPSA) is 49.8 Å². The summed E-state index contributed by atoms with van der Waals surface area (Å²) in [5.41, 5.74) is 4.24. The molecular weight excluding hydrogens is 193 g/mol. The van der Waals surface area contributed by atoms with E-state index in [0.29, 0.717) is 5.56 Å². The Balaban J connectivity index is 3.49. The smallest absolute Gasteiger partial charge is 0.397 e. The molecule has 1 aromatic rings. The van der Waals surface area contributed by atoms with Crippen molar-refractivity contribution in [3.8, 4) is 6.07 Å². The molecule has 0 aliphatic carbocycles. The highest BCUT2D eigenvalue weighted by Gasteiger charge is 2.34. The SMILES string of the molecule is Cc1ccc(C(F)(F)F)c(C#N)c1N. The number of nitrogens with two attached hydrogens (primary N) is 1. The van der Waals surface area contributed by atoms with Gasteiger partial charge in [-0.15, -0.1) is 0 Å². The van der Waals surface area contributed by atoms with Gasteiger partial charge in [-0.25, -0.2) is 0 Å². The molecule has 0 atom stereocenters. The number of hydrogen-bond acceptors (Lipinski definition) is 2. The molecule has 0 unspecified atom stereocenters. The summed E-state index contributed by atoms with van der Waals surface area (Å²) >= 11 is 0. The van der Waals surface area contributed by atoms with Gasteiger partial charge in [0.05, 0.1) is 16.8 Å². The fourth-order valence-corrected chi connectivity index (χ4v) is 1.08. The van der Waals surface area contributed by atoms with Gasteiger partial charge in [-0.05, 0) is 18.6 Å². The zero-order valence-corrected chi connectivity index (χ0v) is 7.31. The largest absolute Gasteiger partial charge is 0.417 e. The van der Waals surface area contributed by atoms with Crippen molar-refractivity contribution in [1.29, 1.82) is 5.26 Å². The van der Waals surface area contributed by atoms with Crippen molar-refractivity contribution in [2.75, 3.05) is 5.73 Å². The van der Waals surface area contributed by atoms with E-state index >= 15 is 0 Å². The predicted molar refractivity (Wildman–Crippen MR) is 45.3 cm³/mol. The summed E-state index contributed by atoms with van der Waals surface area (Å²) in [5, 5.41) is 8.56. The second-order valence-electron chi connectivity index (χ2n) is 2.83. The van der Waals surface area contributed by atoms with E-state index in [2.05, 4.69) is 0 Å². The summed E-state index contributed by atoms with van der Waals surface area (Å²) in [4.78, 5) is 0. The zero-order valence-electron chi connectivity index (χ0n) is 7.31. The number of benzene rings is 1. The van der Waals surface area contributed by atoms with Gasteiger partial charge in [0.1, 0.15) is 6.07 Å². The van der Waals surface area contributed by atoms with E-state index in [1.54, 1.807) is 6.92 Å². The maximum absolute atomic E-state index is 12.3. The Labute approximate surface area is 78.8 Å². The molecule has 2 N–H and O–H groups in total. The number of aryl methyl sites for hydroxylation is 1. The Morgan fingerprint density at radius 3 is 2.36 bits per heavy atom. The molecule has 0 fully saturated rings. The molecule has 0 saturated carbocycles.